The van der Waals surface area contributed by atoms with Gasteiger partial charge in [-0.15, -0.1) is 0 Å². The highest BCUT2D eigenvalue weighted by Gasteiger charge is 2.09. The van der Waals surface area contributed by atoms with Crippen LogP contribution in [0.4, 0.5) is 0 Å². The van der Waals surface area contributed by atoms with Gasteiger partial charge in [-0.2, -0.15) is 0 Å². The van der Waals surface area contributed by atoms with Crippen molar-refractivity contribution in [2.45, 2.75) is 34.2 Å². The van der Waals surface area contributed by atoms with Crippen LogP contribution in [0.5, 0.6) is 5.75 Å². The van der Waals surface area contributed by atoms with Crippen LogP contribution in [0.3, 0.4) is 0 Å². The van der Waals surface area contributed by atoms with Crippen LogP contribution in [0.1, 0.15) is 33.3 Å². The minimum atomic E-state index is 0.0303. The van der Waals surface area contributed by atoms with Crippen molar-refractivity contribution in [3.05, 3.63) is 29.8 Å². The number of benzene rings is 1. The minimum Gasteiger partial charge on any atom is -0.484 e. The first-order valence-corrected chi connectivity index (χ1v) is 7.77. The van der Waals surface area contributed by atoms with Crippen LogP contribution in [0, 0.1) is 5.92 Å². The van der Waals surface area contributed by atoms with Crippen LogP contribution in [0.25, 0.3) is 0 Å². The zero-order valence-electron chi connectivity index (χ0n) is 13.7. The number of ether oxygens (including phenoxy) is 1. The van der Waals surface area contributed by atoms with Crippen molar-refractivity contribution < 1.29 is 9.53 Å². The van der Waals surface area contributed by atoms with E-state index >= 15 is 0 Å². The number of amides is 1. The first kappa shape index (κ1) is 17.5. The normalized spacial score (nSPS) is 10.7. The lowest BCUT2D eigenvalue weighted by Crippen LogP contribution is -2.34. The van der Waals surface area contributed by atoms with Gasteiger partial charge in [0.2, 0.25) is 0 Å². The lowest BCUT2D eigenvalue weighted by atomic mass is 10.2. The number of rotatable bonds is 9. The highest BCUT2D eigenvalue weighted by atomic mass is 16.5. The Hall–Kier alpha value is -1.55. The van der Waals surface area contributed by atoms with Crippen molar-refractivity contribution >= 4 is 5.91 Å². The third kappa shape index (κ3) is 6.63. The largest absolute Gasteiger partial charge is 0.484 e. The quantitative estimate of drug-likeness (QED) is 0.761. The summed E-state index contributed by atoms with van der Waals surface area (Å²) in [7, 11) is 0. The van der Waals surface area contributed by atoms with Gasteiger partial charge >= 0.3 is 0 Å². The van der Waals surface area contributed by atoms with Gasteiger partial charge in [-0.25, -0.2) is 0 Å². The fourth-order valence-corrected chi connectivity index (χ4v) is 2.02. The molecule has 0 saturated heterocycles. The van der Waals surface area contributed by atoms with Gasteiger partial charge in [-0.05, 0) is 44.0 Å². The second-order valence-electron chi connectivity index (χ2n) is 5.52. The third-order valence-corrected chi connectivity index (χ3v) is 3.28. The average molecular weight is 292 g/mol. The SMILES string of the molecule is CCN(CC)C(=O)COc1ccc(CNCC(C)C)cc1. The summed E-state index contributed by atoms with van der Waals surface area (Å²) in [6, 6.07) is 7.90. The molecule has 118 valence electrons. The van der Waals surface area contributed by atoms with Gasteiger partial charge in [0.05, 0.1) is 0 Å². The van der Waals surface area contributed by atoms with Crippen molar-refractivity contribution in [1.82, 2.24) is 10.2 Å². The molecule has 4 nitrogen and oxygen atoms in total. The van der Waals surface area contributed by atoms with Crippen molar-refractivity contribution in [2.24, 2.45) is 5.92 Å². The molecule has 0 saturated carbocycles. The van der Waals surface area contributed by atoms with E-state index in [2.05, 4.69) is 19.2 Å². The summed E-state index contributed by atoms with van der Waals surface area (Å²) in [4.78, 5) is 13.6. The maximum absolute atomic E-state index is 11.8. The number of hydrogen-bond acceptors (Lipinski definition) is 3. The molecule has 0 aromatic heterocycles. The van der Waals surface area contributed by atoms with E-state index in [0.717, 1.165) is 31.9 Å². The maximum Gasteiger partial charge on any atom is 0.260 e. The van der Waals surface area contributed by atoms with Crippen molar-refractivity contribution in [1.29, 1.82) is 0 Å². The number of nitrogens with one attached hydrogen (secondary N) is 1. The van der Waals surface area contributed by atoms with Gasteiger partial charge in [0.15, 0.2) is 6.61 Å². The molecule has 0 radical (unpaired) electrons. The summed E-state index contributed by atoms with van der Waals surface area (Å²) in [5.41, 5.74) is 1.22. The number of likely N-dealkylation sites (N-methyl/N-ethyl adjacent to an activating group) is 1. The summed E-state index contributed by atoms with van der Waals surface area (Å²) < 4.78 is 5.54. The van der Waals surface area contributed by atoms with Gasteiger partial charge in [0, 0.05) is 19.6 Å². The van der Waals surface area contributed by atoms with E-state index in [-0.39, 0.29) is 12.5 Å². The third-order valence-electron chi connectivity index (χ3n) is 3.28. The van der Waals surface area contributed by atoms with Crippen molar-refractivity contribution in [2.75, 3.05) is 26.2 Å². The summed E-state index contributed by atoms with van der Waals surface area (Å²) in [5, 5.41) is 3.40. The fraction of sp³-hybridized carbons (Fsp3) is 0.588. The Balaban J connectivity index is 2.39. The van der Waals surface area contributed by atoms with E-state index in [1.54, 1.807) is 4.90 Å². The van der Waals surface area contributed by atoms with E-state index < -0.39 is 0 Å². The standard InChI is InChI=1S/C17H28N2O2/c1-5-19(6-2)17(20)13-21-16-9-7-15(8-10-16)12-18-11-14(3)4/h7-10,14,18H,5-6,11-13H2,1-4H3. The lowest BCUT2D eigenvalue weighted by Gasteiger charge is -2.18. The molecule has 0 heterocycles. The number of carbonyl (C=O) groups is 1. The maximum atomic E-state index is 11.8. The predicted octanol–water partition coefficient (Wildman–Crippen LogP) is 2.68. The average Bonchev–Trinajstić information content (AvgIpc) is 2.47. The molecule has 0 unspecified atom stereocenters. The highest BCUT2D eigenvalue weighted by Crippen LogP contribution is 2.12. The Morgan fingerprint density at radius 1 is 1.19 bits per heavy atom. The second-order valence-corrected chi connectivity index (χ2v) is 5.52. The zero-order chi connectivity index (χ0) is 15.7. The summed E-state index contributed by atoms with van der Waals surface area (Å²) in [6.07, 6.45) is 0. The Kier molecular flexibility index (Phi) is 7.83. The molecule has 0 atom stereocenters. The van der Waals surface area contributed by atoms with Gasteiger partial charge in [0.1, 0.15) is 5.75 Å². The molecule has 0 bridgehead atoms. The Morgan fingerprint density at radius 3 is 2.33 bits per heavy atom. The first-order chi connectivity index (χ1) is 10.1. The Bertz CT molecular complexity index is 411. The van der Waals surface area contributed by atoms with Crippen LogP contribution in [-0.4, -0.2) is 37.0 Å². The van der Waals surface area contributed by atoms with Gasteiger partial charge in [-0.1, -0.05) is 26.0 Å². The summed E-state index contributed by atoms with van der Waals surface area (Å²) in [5.74, 6) is 1.42. The molecule has 0 spiro atoms. The molecule has 0 fully saturated rings. The Morgan fingerprint density at radius 2 is 1.81 bits per heavy atom. The van der Waals surface area contributed by atoms with Crippen LogP contribution in [0.15, 0.2) is 24.3 Å². The van der Waals surface area contributed by atoms with Crippen LogP contribution >= 0.6 is 0 Å². The van der Waals surface area contributed by atoms with E-state index in [1.807, 2.05) is 38.1 Å². The van der Waals surface area contributed by atoms with Crippen molar-refractivity contribution in [3.8, 4) is 5.75 Å². The molecular weight excluding hydrogens is 264 g/mol. The summed E-state index contributed by atoms with van der Waals surface area (Å²) >= 11 is 0. The zero-order valence-corrected chi connectivity index (χ0v) is 13.7. The molecule has 21 heavy (non-hydrogen) atoms. The molecule has 0 aliphatic carbocycles. The van der Waals surface area contributed by atoms with E-state index in [9.17, 15) is 4.79 Å². The number of carbonyl (C=O) groups excluding carboxylic acids is 1. The number of nitrogens with zero attached hydrogens (tertiary/aromatic N) is 1. The Labute approximate surface area is 128 Å². The minimum absolute atomic E-state index is 0.0303. The fourth-order valence-electron chi connectivity index (χ4n) is 2.02. The molecule has 4 heteroatoms. The second kappa shape index (κ2) is 9.40. The van der Waals surface area contributed by atoms with Crippen molar-refractivity contribution in [3.63, 3.8) is 0 Å². The summed E-state index contributed by atoms with van der Waals surface area (Å²) in [6.45, 7) is 11.7. The topological polar surface area (TPSA) is 41.6 Å². The monoisotopic (exact) mass is 292 g/mol. The van der Waals surface area contributed by atoms with Crippen LogP contribution in [0.2, 0.25) is 0 Å². The van der Waals surface area contributed by atoms with Gasteiger partial charge in [0.25, 0.3) is 5.91 Å². The highest BCUT2D eigenvalue weighted by molar-refractivity contribution is 5.77. The molecule has 1 aromatic carbocycles. The smallest absolute Gasteiger partial charge is 0.260 e. The van der Waals surface area contributed by atoms with Crippen LogP contribution in [-0.2, 0) is 11.3 Å². The van der Waals surface area contributed by atoms with E-state index in [4.69, 9.17) is 4.74 Å². The first-order valence-electron chi connectivity index (χ1n) is 7.77. The van der Waals surface area contributed by atoms with Gasteiger partial charge < -0.3 is 15.0 Å². The van der Waals surface area contributed by atoms with Crippen LogP contribution < -0.4 is 10.1 Å². The predicted molar refractivity (Wildman–Crippen MR) is 86.4 cm³/mol. The van der Waals surface area contributed by atoms with E-state index in [1.165, 1.54) is 5.56 Å². The molecule has 0 aliphatic heterocycles. The molecular formula is C17H28N2O2. The molecule has 1 aromatic rings. The lowest BCUT2D eigenvalue weighted by molar-refractivity contribution is -0.132. The van der Waals surface area contributed by atoms with Gasteiger partial charge in [-0.3, -0.25) is 4.79 Å². The van der Waals surface area contributed by atoms with E-state index in [0.29, 0.717) is 5.92 Å². The molecule has 1 amide bonds. The molecule has 1 rings (SSSR count). The molecule has 0 aliphatic rings. The number of hydrogen-bond donors (Lipinski definition) is 1. The molecule has 1 N–H and O–H groups in total.